The first-order valence-corrected chi connectivity index (χ1v) is 8.62. The molecule has 2 heterocycles. The number of amides is 1. The van der Waals surface area contributed by atoms with Gasteiger partial charge < -0.3 is 5.32 Å². The van der Waals surface area contributed by atoms with E-state index in [1.807, 2.05) is 0 Å². The smallest absolute Gasteiger partial charge is 0.228 e. The van der Waals surface area contributed by atoms with E-state index in [2.05, 4.69) is 15.5 Å². The summed E-state index contributed by atoms with van der Waals surface area (Å²) in [6.07, 6.45) is 5.23. The molecule has 0 spiro atoms. The van der Waals surface area contributed by atoms with E-state index >= 15 is 0 Å². The van der Waals surface area contributed by atoms with Crippen molar-refractivity contribution in [2.75, 3.05) is 11.6 Å². The Morgan fingerprint density at radius 1 is 1.35 bits per heavy atom. The quantitative estimate of drug-likeness (QED) is 0.863. The molecule has 1 aromatic rings. The number of rotatable bonds is 3. The third-order valence-electron chi connectivity index (χ3n) is 4.06. The molecule has 1 aliphatic heterocycles. The zero-order valence-electron chi connectivity index (χ0n) is 11.3. The fourth-order valence-corrected chi connectivity index (χ4v) is 3.57. The minimum atomic E-state index is -3.23. The van der Waals surface area contributed by atoms with Gasteiger partial charge in [-0.15, -0.1) is 0 Å². The predicted octanol–water partition coefficient (Wildman–Crippen LogP) is 0.814. The maximum Gasteiger partial charge on any atom is 0.228 e. The molecular weight excluding hydrogens is 280 g/mol. The molecule has 20 heavy (non-hydrogen) atoms. The van der Waals surface area contributed by atoms with E-state index < -0.39 is 10.0 Å². The highest BCUT2D eigenvalue weighted by molar-refractivity contribution is 7.88. The van der Waals surface area contributed by atoms with Crippen molar-refractivity contribution in [2.45, 2.75) is 38.8 Å². The van der Waals surface area contributed by atoms with E-state index in [0.717, 1.165) is 31.2 Å². The second-order valence-corrected chi connectivity index (χ2v) is 7.51. The lowest BCUT2D eigenvalue weighted by molar-refractivity contribution is -0.119. The van der Waals surface area contributed by atoms with Gasteiger partial charge in [0.2, 0.25) is 15.9 Å². The molecule has 2 aliphatic rings. The standard InChI is InChI=1S/C12H18N4O3S/c1-20(18,19)16-6-9-10(7-16)14-15-11(9)13-12(17)8-4-2-3-5-8/h8H,2-7H2,1H3,(H2,13,14,15,17). The Kier molecular flexibility index (Phi) is 3.29. The van der Waals surface area contributed by atoms with Crippen molar-refractivity contribution in [1.29, 1.82) is 0 Å². The van der Waals surface area contributed by atoms with Gasteiger partial charge in [0.1, 0.15) is 5.82 Å². The number of nitrogens with one attached hydrogen (secondary N) is 2. The van der Waals surface area contributed by atoms with Crippen molar-refractivity contribution in [3.05, 3.63) is 11.3 Å². The van der Waals surface area contributed by atoms with Crippen molar-refractivity contribution in [2.24, 2.45) is 5.92 Å². The molecular formula is C12H18N4O3S. The van der Waals surface area contributed by atoms with Gasteiger partial charge in [-0.25, -0.2) is 8.42 Å². The molecule has 1 aromatic heterocycles. The second-order valence-electron chi connectivity index (χ2n) is 5.53. The van der Waals surface area contributed by atoms with Gasteiger partial charge in [-0.1, -0.05) is 12.8 Å². The van der Waals surface area contributed by atoms with Crippen molar-refractivity contribution >= 4 is 21.7 Å². The van der Waals surface area contributed by atoms with Crippen LogP contribution in [0.15, 0.2) is 0 Å². The summed E-state index contributed by atoms with van der Waals surface area (Å²) >= 11 is 0. The van der Waals surface area contributed by atoms with Gasteiger partial charge in [0.15, 0.2) is 0 Å². The average molecular weight is 298 g/mol. The molecule has 3 rings (SSSR count). The number of aromatic nitrogens is 2. The molecule has 7 nitrogen and oxygen atoms in total. The molecule has 0 saturated heterocycles. The third-order valence-corrected chi connectivity index (χ3v) is 5.25. The van der Waals surface area contributed by atoms with Crippen molar-refractivity contribution in [3.63, 3.8) is 0 Å². The maximum atomic E-state index is 12.1. The number of anilines is 1. The Morgan fingerprint density at radius 3 is 2.70 bits per heavy atom. The monoisotopic (exact) mass is 298 g/mol. The number of H-pyrrole nitrogens is 1. The number of fused-ring (bicyclic) bond motifs is 1. The van der Waals surface area contributed by atoms with Gasteiger partial charge in [0, 0.05) is 18.0 Å². The minimum Gasteiger partial charge on any atom is -0.311 e. The number of aromatic amines is 1. The van der Waals surface area contributed by atoms with Crippen LogP contribution in [0.3, 0.4) is 0 Å². The van der Waals surface area contributed by atoms with E-state index in [0.29, 0.717) is 11.5 Å². The number of nitrogens with zero attached hydrogens (tertiary/aromatic N) is 2. The van der Waals surface area contributed by atoms with Gasteiger partial charge in [0.05, 0.1) is 18.5 Å². The fourth-order valence-electron chi connectivity index (χ4n) is 2.85. The highest BCUT2D eigenvalue weighted by atomic mass is 32.2. The first-order chi connectivity index (χ1) is 9.45. The van der Waals surface area contributed by atoms with Crippen LogP contribution in [0.25, 0.3) is 0 Å². The van der Waals surface area contributed by atoms with E-state index in [1.54, 1.807) is 0 Å². The molecule has 1 amide bonds. The topological polar surface area (TPSA) is 95.2 Å². The van der Waals surface area contributed by atoms with Crippen molar-refractivity contribution < 1.29 is 13.2 Å². The molecule has 1 aliphatic carbocycles. The normalized spacial score (nSPS) is 20.2. The number of carbonyl (C=O) groups is 1. The van der Waals surface area contributed by atoms with E-state index in [4.69, 9.17) is 0 Å². The number of hydrogen-bond donors (Lipinski definition) is 2. The largest absolute Gasteiger partial charge is 0.311 e. The van der Waals surface area contributed by atoms with E-state index in [-0.39, 0.29) is 24.9 Å². The van der Waals surface area contributed by atoms with Crippen LogP contribution in [-0.4, -0.2) is 35.1 Å². The highest BCUT2D eigenvalue weighted by Gasteiger charge is 2.32. The zero-order chi connectivity index (χ0) is 14.3. The summed E-state index contributed by atoms with van der Waals surface area (Å²) in [5.74, 6) is 0.621. The lowest BCUT2D eigenvalue weighted by Crippen LogP contribution is -2.25. The maximum absolute atomic E-state index is 12.1. The lowest BCUT2D eigenvalue weighted by atomic mass is 10.1. The summed E-state index contributed by atoms with van der Waals surface area (Å²) in [5, 5.41) is 9.75. The molecule has 1 fully saturated rings. The first-order valence-electron chi connectivity index (χ1n) is 6.77. The Balaban J connectivity index is 1.73. The summed E-state index contributed by atoms with van der Waals surface area (Å²) < 4.78 is 24.4. The van der Waals surface area contributed by atoms with Crippen LogP contribution in [0.1, 0.15) is 36.9 Å². The van der Waals surface area contributed by atoms with Gasteiger partial charge in [0.25, 0.3) is 0 Å². The van der Waals surface area contributed by atoms with Gasteiger partial charge in [-0.3, -0.25) is 9.89 Å². The Morgan fingerprint density at radius 2 is 2.05 bits per heavy atom. The first kappa shape index (κ1) is 13.6. The summed E-state index contributed by atoms with van der Waals surface area (Å²) in [6.45, 7) is 0.537. The summed E-state index contributed by atoms with van der Waals surface area (Å²) in [5.41, 5.74) is 1.47. The molecule has 0 unspecified atom stereocenters. The van der Waals surface area contributed by atoms with E-state index in [1.165, 1.54) is 10.6 Å². The van der Waals surface area contributed by atoms with Crippen LogP contribution in [0, 0.1) is 5.92 Å². The van der Waals surface area contributed by atoms with Gasteiger partial charge >= 0.3 is 0 Å². The van der Waals surface area contributed by atoms with Crippen molar-refractivity contribution in [1.82, 2.24) is 14.5 Å². The third kappa shape index (κ3) is 2.45. The van der Waals surface area contributed by atoms with Crippen LogP contribution in [0.4, 0.5) is 5.82 Å². The molecule has 2 N–H and O–H groups in total. The van der Waals surface area contributed by atoms with Crippen LogP contribution < -0.4 is 5.32 Å². The molecule has 0 aromatic carbocycles. The number of hydrogen-bond acceptors (Lipinski definition) is 4. The molecule has 110 valence electrons. The molecule has 1 saturated carbocycles. The van der Waals surface area contributed by atoms with Gasteiger partial charge in [-0.2, -0.15) is 9.40 Å². The fraction of sp³-hybridized carbons (Fsp3) is 0.667. The Hall–Kier alpha value is -1.41. The van der Waals surface area contributed by atoms with Crippen LogP contribution in [-0.2, 0) is 27.9 Å². The molecule has 0 atom stereocenters. The molecule has 0 radical (unpaired) electrons. The highest BCUT2D eigenvalue weighted by Crippen LogP contribution is 2.30. The lowest BCUT2D eigenvalue weighted by Gasteiger charge is -2.13. The average Bonchev–Trinajstić information content (AvgIpc) is 3.03. The van der Waals surface area contributed by atoms with Crippen molar-refractivity contribution in [3.8, 4) is 0 Å². The number of sulfonamides is 1. The van der Waals surface area contributed by atoms with E-state index in [9.17, 15) is 13.2 Å². The summed E-state index contributed by atoms with van der Waals surface area (Å²) in [6, 6.07) is 0. The summed E-state index contributed by atoms with van der Waals surface area (Å²) in [7, 11) is -3.23. The number of carbonyl (C=O) groups excluding carboxylic acids is 1. The SMILES string of the molecule is CS(=O)(=O)N1Cc2n[nH]c(NC(=O)C3CCCC3)c2C1. The molecule has 8 heteroatoms. The zero-order valence-corrected chi connectivity index (χ0v) is 12.2. The van der Waals surface area contributed by atoms with Crippen LogP contribution in [0.5, 0.6) is 0 Å². The Labute approximate surface area is 117 Å². The Bertz CT molecular complexity index is 631. The van der Waals surface area contributed by atoms with Crippen LogP contribution in [0.2, 0.25) is 0 Å². The second kappa shape index (κ2) is 4.85. The minimum absolute atomic E-state index is 0.00626. The van der Waals surface area contributed by atoms with Crippen LogP contribution >= 0.6 is 0 Å². The van der Waals surface area contributed by atoms with Gasteiger partial charge in [-0.05, 0) is 12.8 Å². The predicted molar refractivity (Wildman–Crippen MR) is 73.3 cm³/mol. The summed E-state index contributed by atoms with van der Waals surface area (Å²) in [4.78, 5) is 12.1. The molecule has 0 bridgehead atoms.